The molecular formula is C15H20BNO3S. The quantitative estimate of drug-likeness (QED) is 0.528. The van der Waals surface area contributed by atoms with Crippen LogP contribution in [0.15, 0.2) is 23.8 Å². The number of carbonyl (C=O) groups excluding carboxylic acids is 1. The molecule has 0 amide bonds. The highest BCUT2D eigenvalue weighted by atomic mass is 32.1. The Balaban J connectivity index is 2.28. The van der Waals surface area contributed by atoms with Crippen LogP contribution in [0.1, 0.15) is 43.7 Å². The maximum absolute atomic E-state index is 10.8. The summed E-state index contributed by atoms with van der Waals surface area (Å²) >= 11 is 4.36. The third-order valence-electron chi connectivity index (χ3n) is 4.01. The molecule has 4 nitrogen and oxygen atoms in total. The second-order valence-electron chi connectivity index (χ2n) is 6.10. The molecule has 0 atom stereocenters. The highest BCUT2D eigenvalue weighted by Crippen LogP contribution is 2.38. The second kappa shape index (κ2) is 5.95. The molecule has 6 heteroatoms. The van der Waals surface area contributed by atoms with Crippen LogP contribution in [0.4, 0.5) is 0 Å². The molecule has 21 heavy (non-hydrogen) atoms. The van der Waals surface area contributed by atoms with E-state index < -0.39 is 18.3 Å². The standard InChI is InChI=1S/C15H20BNO3S/c1-14(2)15(3,4)20-16(19-14)12(10-21)8-13-7-11(9-18)5-6-17-13/h5-9,21H,10H2,1-4H3. The van der Waals surface area contributed by atoms with E-state index in [0.717, 1.165) is 11.8 Å². The van der Waals surface area contributed by atoms with Crippen LogP contribution in [0.2, 0.25) is 0 Å². The Morgan fingerprint density at radius 1 is 1.33 bits per heavy atom. The summed E-state index contributed by atoms with van der Waals surface area (Å²) in [6.07, 6.45) is 4.27. The molecule has 0 spiro atoms. The van der Waals surface area contributed by atoms with Gasteiger partial charge in [-0.2, -0.15) is 12.6 Å². The summed E-state index contributed by atoms with van der Waals surface area (Å²) in [6.45, 7) is 8.03. The fourth-order valence-corrected chi connectivity index (χ4v) is 2.23. The van der Waals surface area contributed by atoms with Gasteiger partial charge < -0.3 is 9.31 Å². The Morgan fingerprint density at radius 2 is 1.95 bits per heavy atom. The number of hydrogen-bond acceptors (Lipinski definition) is 5. The van der Waals surface area contributed by atoms with Gasteiger partial charge in [-0.3, -0.25) is 9.78 Å². The Bertz CT molecular complexity index is 556. The summed E-state index contributed by atoms with van der Waals surface area (Å²) in [6, 6.07) is 3.39. The first-order chi connectivity index (χ1) is 9.79. The molecule has 2 heterocycles. The minimum atomic E-state index is -0.450. The Kier molecular flexibility index (Phi) is 4.61. The van der Waals surface area contributed by atoms with Gasteiger partial charge in [-0.15, -0.1) is 0 Å². The minimum absolute atomic E-state index is 0.391. The molecule has 1 aromatic rings. The monoisotopic (exact) mass is 305 g/mol. The van der Waals surface area contributed by atoms with Crippen molar-refractivity contribution >= 4 is 32.1 Å². The van der Waals surface area contributed by atoms with Crippen LogP contribution >= 0.6 is 12.6 Å². The van der Waals surface area contributed by atoms with Crippen molar-refractivity contribution in [2.24, 2.45) is 0 Å². The third-order valence-corrected chi connectivity index (χ3v) is 4.38. The van der Waals surface area contributed by atoms with Gasteiger partial charge >= 0.3 is 7.12 Å². The fourth-order valence-electron chi connectivity index (χ4n) is 1.99. The summed E-state index contributed by atoms with van der Waals surface area (Å²) < 4.78 is 12.0. The molecule has 1 aliphatic rings. The molecule has 0 bridgehead atoms. The van der Waals surface area contributed by atoms with Gasteiger partial charge in [0.2, 0.25) is 0 Å². The predicted octanol–water partition coefficient (Wildman–Crippen LogP) is 2.84. The van der Waals surface area contributed by atoms with Gasteiger partial charge in [0.05, 0.1) is 16.9 Å². The number of hydrogen-bond donors (Lipinski definition) is 1. The van der Waals surface area contributed by atoms with Crippen molar-refractivity contribution in [3.05, 3.63) is 35.1 Å². The van der Waals surface area contributed by atoms with Gasteiger partial charge in [-0.05, 0) is 51.4 Å². The largest absolute Gasteiger partial charge is 0.491 e. The Hall–Kier alpha value is -1.11. The smallest absolute Gasteiger partial charge is 0.400 e. The zero-order valence-electron chi connectivity index (χ0n) is 12.8. The number of pyridine rings is 1. The number of aromatic nitrogens is 1. The van der Waals surface area contributed by atoms with Crippen molar-refractivity contribution in [2.45, 2.75) is 38.9 Å². The lowest BCUT2D eigenvalue weighted by atomic mass is 9.78. The molecule has 0 N–H and O–H groups in total. The number of nitrogens with zero attached hydrogens (tertiary/aromatic N) is 1. The average Bonchev–Trinajstić information content (AvgIpc) is 2.65. The number of carbonyl (C=O) groups is 1. The number of rotatable bonds is 4. The van der Waals surface area contributed by atoms with Gasteiger partial charge in [0.25, 0.3) is 0 Å². The fraction of sp³-hybridized carbons (Fsp3) is 0.467. The Morgan fingerprint density at radius 3 is 2.48 bits per heavy atom. The van der Waals surface area contributed by atoms with Crippen LogP contribution in [0.3, 0.4) is 0 Å². The lowest BCUT2D eigenvalue weighted by Crippen LogP contribution is -2.41. The molecular weight excluding hydrogens is 285 g/mol. The van der Waals surface area contributed by atoms with Crippen molar-refractivity contribution in [3.63, 3.8) is 0 Å². The van der Waals surface area contributed by atoms with Crippen LogP contribution < -0.4 is 0 Å². The third kappa shape index (κ3) is 3.39. The van der Waals surface area contributed by atoms with Crippen molar-refractivity contribution in [3.8, 4) is 0 Å². The molecule has 0 aromatic carbocycles. The molecule has 1 saturated heterocycles. The van der Waals surface area contributed by atoms with E-state index in [2.05, 4.69) is 17.6 Å². The predicted molar refractivity (Wildman–Crippen MR) is 87.5 cm³/mol. The van der Waals surface area contributed by atoms with E-state index >= 15 is 0 Å². The maximum Gasteiger partial charge on any atom is 0.491 e. The van der Waals surface area contributed by atoms with Crippen molar-refractivity contribution in [1.82, 2.24) is 4.98 Å². The average molecular weight is 305 g/mol. The van der Waals surface area contributed by atoms with Crippen LogP contribution in [-0.2, 0) is 9.31 Å². The van der Waals surface area contributed by atoms with Crippen molar-refractivity contribution < 1.29 is 14.1 Å². The zero-order chi connectivity index (χ0) is 15.7. The van der Waals surface area contributed by atoms with Gasteiger partial charge in [-0.1, -0.05) is 0 Å². The molecule has 1 aromatic heterocycles. The zero-order valence-corrected chi connectivity index (χ0v) is 13.7. The van der Waals surface area contributed by atoms with Crippen molar-refractivity contribution in [2.75, 3.05) is 5.75 Å². The lowest BCUT2D eigenvalue weighted by Gasteiger charge is -2.32. The first-order valence-corrected chi connectivity index (χ1v) is 7.50. The second-order valence-corrected chi connectivity index (χ2v) is 6.41. The SMILES string of the molecule is CC1(C)OB(C(=Cc2cc(C=O)ccn2)CS)OC1(C)C. The minimum Gasteiger partial charge on any atom is -0.400 e. The van der Waals surface area contributed by atoms with Crippen LogP contribution in [-0.4, -0.2) is 35.3 Å². The molecule has 0 saturated carbocycles. The van der Waals surface area contributed by atoms with E-state index in [1.807, 2.05) is 33.8 Å². The van der Waals surface area contributed by atoms with E-state index in [0.29, 0.717) is 17.0 Å². The van der Waals surface area contributed by atoms with E-state index in [1.165, 1.54) is 0 Å². The van der Waals surface area contributed by atoms with E-state index in [4.69, 9.17) is 9.31 Å². The number of aldehydes is 1. The van der Waals surface area contributed by atoms with E-state index in [1.54, 1.807) is 18.3 Å². The molecule has 0 unspecified atom stereocenters. The van der Waals surface area contributed by atoms with Crippen molar-refractivity contribution in [1.29, 1.82) is 0 Å². The lowest BCUT2D eigenvalue weighted by molar-refractivity contribution is 0.00578. The van der Waals surface area contributed by atoms with Gasteiger partial charge in [0, 0.05) is 17.5 Å². The molecule has 2 rings (SSSR count). The summed E-state index contributed by atoms with van der Waals surface area (Å²) in [5.74, 6) is 0.490. The molecule has 112 valence electrons. The van der Waals surface area contributed by atoms with Crippen LogP contribution in [0.25, 0.3) is 6.08 Å². The summed E-state index contributed by atoms with van der Waals surface area (Å²) in [7, 11) is -0.450. The first-order valence-electron chi connectivity index (χ1n) is 6.87. The summed E-state index contributed by atoms with van der Waals surface area (Å²) in [4.78, 5) is 15.1. The summed E-state index contributed by atoms with van der Waals surface area (Å²) in [5.41, 5.74) is 1.38. The molecule has 0 aliphatic carbocycles. The van der Waals surface area contributed by atoms with Gasteiger partial charge in [0.1, 0.15) is 6.29 Å². The molecule has 1 aliphatic heterocycles. The topological polar surface area (TPSA) is 48.4 Å². The highest BCUT2D eigenvalue weighted by molar-refractivity contribution is 7.80. The van der Waals surface area contributed by atoms with Gasteiger partial charge in [-0.25, -0.2) is 0 Å². The maximum atomic E-state index is 10.8. The number of thiol groups is 1. The Labute approximate surface area is 131 Å². The van der Waals surface area contributed by atoms with Crippen LogP contribution in [0, 0.1) is 0 Å². The molecule has 1 fully saturated rings. The highest BCUT2D eigenvalue weighted by Gasteiger charge is 2.52. The van der Waals surface area contributed by atoms with Crippen LogP contribution in [0.5, 0.6) is 0 Å². The van der Waals surface area contributed by atoms with Gasteiger partial charge in [0.15, 0.2) is 0 Å². The normalized spacial score (nSPS) is 20.6. The van der Waals surface area contributed by atoms with E-state index in [-0.39, 0.29) is 0 Å². The van der Waals surface area contributed by atoms with E-state index in [9.17, 15) is 4.79 Å². The molecule has 0 radical (unpaired) electrons. The first kappa shape index (κ1) is 16.3. The summed E-state index contributed by atoms with van der Waals surface area (Å²) in [5, 5.41) is 0.